The Morgan fingerprint density at radius 3 is 2.09 bits per heavy atom. The molecule has 127 valence electrons. The van der Waals surface area contributed by atoms with Gasteiger partial charge in [-0.2, -0.15) is 0 Å². The molecule has 1 unspecified atom stereocenters. The Balaban J connectivity index is -0.000000557. The number of phosphoric ester groups is 1. The van der Waals surface area contributed by atoms with Crippen LogP contribution in [0.1, 0.15) is 54.0 Å². The Bertz CT molecular complexity index is 444. The molecule has 0 saturated heterocycles. The number of hydrogen-bond acceptors (Lipinski definition) is 4. The van der Waals surface area contributed by atoms with E-state index in [4.69, 9.17) is 13.6 Å². The van der Waals surface area contributed by atoms with Gasteiger partial charge in [-0.15, -0.1) is 0 Å². The van der Waals surface area contributed by atoms with E-state index in [0.29, 0.717) is 5.75 Å². The van der Waals surface area contributed by atoms with Crippen molar-refractivity contribution in [3.63, 3.8) is 0 Å². The van der Waals surface area contributed by atoms with Crippen molar-refractivity contribution >= 4 is 7.82 Å². The summed E-state index contributed by atoms with van der Waals surface area (Å²) in [5, 5.41) is 0. The minimum Gasteiger partial charge on any atom is -0.404 e. The van der Waals surface area contributed by atoms with Crippen LogP contribution < -0.4 is 4.52 Å². The summed E-state index contributed by atoms with van der Waals surface area (Å²) in [4.78, 5) is 0. The van der Waals surface area contributed by atoms with E-state index in [1.165, 1.54) is 0 Å². The van der Waals surface area contributed by atoms with Crippen molar-refractivity contribution in [3.8, 4) is 5.75 Å². The second-order valence-corrected chi connectivity index (χ2v) is 6.14. The fourth-order valence-electron chi connectivity index (χ4n) is 1.39. The average Bonchev–Trinajstić information content (AvgIpc) is 2.40. The molecule has 1 aromatic carbocycles. The van der Waals surface area contributed by atoms with E-state index >= 15 is 0 Å². The minimum atomic E-state index is -3.47. The van der Waals surface area contributed by atoms with E-state index < -0.39 is 13.4 Å². The van der Waals surface area contributed by atoms with E-state index in [-0.39, 0.29) is 46.7 Å². The second-order valence-electron chi connectivity index (χ2n) is 4.62. The first-order chi connectivity index (χ1) is 9.38. The van der Waals surface area contributed by atoms with Crippen molar-refractivity contribution in [2.75, 3.05) is 0 Å². The normalized spacial score (nSPS) is 18.5. The van der Waals surface area contributed by atoms with Crippen molar-refractivity contribution in [2.24, 2.45) is 0 Å². The second kappa shape index (κ2) is 12.7. The van der Waals surface area contributed by atoms with Crippen LogP contribution in [0.4, 0.5) is 0 Å². The van der Waals surface area contributed by atoms with Crippen LogP contribution in [-0.4, -0.2) is 5.60 Å². The zero-order valence-electron chi connectivity index (χ0n) is 15.2. The molecule has 0 spiro atoms. The van der Waals surface area contributed by atoms with Crippen LogP contribution in [0.3, 0.4) is 0 Å². The fraction of sp³-hybridized carbons (Fsp3) is 0.562. The molecule has 0 amide bonds. The van der Waals surface area contributed by atoms with Crippen molar-refractivity contribution < 1.29 is 50.8 Å². The van der Waals surface area contributed by atoms with Crippen molar-refractivity contribution in [1.29, 1.82) is 0 Å². The first-order valence-corrected chi connectivity index (χ1v) is 8.57. The van der Waals surface area contributed by atoms with Gasteiger partial charge in [-0.1, -0.05) is 45.9 Å². The van der Waals surface area contributed by atoms with Crippen LogP contribution in [-0.2, 0) is 52.9 Å². The molecule has 1 heterocycles. The van der Waals surface area contributed by atoms with Gasteiger partial charge in [0.2, 0.25) is 0 Å². The molecule has 2 rings (SSSR count). The van der Waals surface area contributed by atoms with Gasteiger partial charge in [0.1, 0.15) is 5.75 Å². The topological polar surface area (TPSA) is 44.8 Å². The predicted octanol–water partition coefficient (Wildman–Crippen LogP) is 6.02. The van der Waals surface area contributed by atoms with E-state index in [9.17, 15) is 4.57 Å². The SMILES string of the molecule is CC.CC.CC(C)(C)OP1(=O)OCc2ccccc2O1.[CH3-].[Y]. The van der Waals surface area contributed by atoms with Crippen molar-refractivity contribution in [2.45, 2.75) is 60.7 Å². The maximum absolute atomic E-state index is 12.1. The summed E-state index contributed by atoms with van der Waals surface area (Å²) >= 11 is 0. The van der Waals surface area contributed by atoms with Gasteiger partial charge in [0.05, 0.1) is 12.2 Å². The number of fused-ring (bicyclic) bond motifs is 1. The zero-order chi connectivity index (χ0) is 15.8. The molecule has 4 nitrogen and oxygen atoms in total. The molecular formula is C16H30O4PY-. The maximum atomic E-state index is 12.1. The summed E-state index contributed by atoms with van der Waals surface area (Å²) in [7, 11) is -3.47. The third-order valence-electron chi connectivity index (χ3n) is 1.95. The first kappa shape index (κ1) is 27.1. The largest absolute Gasteiger partial charge is 0.530 e. The van der Waals surface area contributed by atoms with Crippen LogP contribution in [0.15, 0.2) is 24.3 Å². The quantitative estimate of drug-likeness (QED) is 0.423. The van der Waals surface area contributed by atoms with Gasteiger partial charge in [0.15, 0.2) is 0 Å². The van der Waals surface area contributed by atoms with Crippen LogP contribution >= 0.6 is 7.82 Å². The molecule has 0 saturated carbocycles. The van der Waals surface area contributed by atoms with Gasteiger partial charge in [-0.25, -0.2) is 4.57 Å². The number of rotatable bonds is 1. The van der Waals surface area contributed by atoms with Gasteiger partial charge in [-0.3, -0.25) is 9.05 Å². The van der Waals surface area contributed by atoms with Gasteiger partial charge in [0.25, 0.3) is 0 Å². The Hall–Kier alpha value is 0.274. The molecule has 1 aliphatic heterocycles. The number of para-hydroxylation sites is 1. The van der Waals surface area contributed by atoms with Crippen LogP contribution in [0, 0.1) is 7.43 Å². The van der Waals surface area contributed by atoms with E-state index in [1.54, 1.807) is 26.8 Å². The molecule has 0 N–H and O–H groups in total. The van der Waals surface area contributed by atoms with Gasteiger partial charge < -0.3 is 12.0 Å². The molecule has 6 heteroatoms. The van der Waals surface area contributed by atoms with Gasteiger partial charge >= 0.3 is 7.82 Å². The molecule has 1 atom stereocenters. The molecule has 0 aliphatic carbocycles. The maximum Gasteiger partial charge on any atom is 0.530 e. The number of benzene rings is 1. The smallest absolute Gasteiger partial charge is 0.404 e. The van der Waals surface area contributed by atoms with Gasteiger partial charge in [-0.05, 0) is 26.8 Å². The predicted molar refractivity (Wildman–Crippen MR) is 89.4 cm³/mol. The molecule has 1 radical (unpaired) electrons. The van der Waals surface area contributed by atoms with Crippen LogP contribution in [0.2, 0.25) is 0 Å². The molecule has 0 bridgehead atoms. The summed E-state index contributed by atoms with van der Waals surface area (Å²) in [6.07, 6.45) is 0. The third kappa shape index (κ3) is 9.42. The molecule has 0 fully saturated rings. The van der Waals surface area contributed by atoms with Crippen LogP contribution in [0.5, 0.6) is 5.75 Å². The molecule has 22 heavy (non-hydrogen) atoms. The van der Waals surface area contributed by atoms with E-state index in [1.807, 2.05) is 45.9 Å². The zero-order valence-corrected chi connectivity index (χ0v) is 18.9. The summed E-state index contributed by atoms with van der Waals surface area (Å²) in [5.74, 6) is 0.571. The van der Waals surface area contributed by atoms with Crippen molar-refractivity contribution in [3.05, 3.63) is 37.3 Å². The third-order valence-corrected chi connectivity index (χ3v) is 3.58. The van der Waals surface area contributed by atoms with E-state index in [2.05, 4.69) is 0 Å². The monoisotopic (exact) mass is 406 g/mol. The molecular weight excluding hydrogens is 376 g/mol. The number of hydrogen-bond donors (Lipinski definition) is 0. The van der Waals surface area contributed by atoms with E-state index in [0.717, 1.165) is 5.56 Å². The minimum absolute atomic E-state index is 0. The molecule has 1 aliphatic rings. The fourth-order valence-corrected chi connectivity index (χ4v) is 2.92. The summed E-state index contributed by atoms with van der Waals surface area (Å²) in [6, 6.07) is 7.34. The van der Waals surface area contributed by atoms with Crippen LogP contribution in [0.25, 0.3) is 0 Å². The van der Waals surface area contributed by atoms with Crippen molar-refractivity contribution in [1.82, 2.24) is 0 Å². The average molecular weight is 406 g/mol. The first-order valence-electron chi connectivity index (χ1n) is 7.11. The number of phosphoric acid groups is 1. The summed E-state index contributed by atoms with van der Waals surface area (Å²) < 4.78 is 28.0. The summed E-state index contributed by atoms with van der Waals surface area (Å²) in [5.41, 5.74) is 0.313. The van der Waals surface area contributed by atoms with Gasteiger partial charge in [0, 0.05) is 38.3 Å². The Labute approximate surface area is 161 Å². The standard InChI is InChI=1S/C11H15O4P.2C2H6.CH3.Y/c1-11(2,3)15-16(12)13-8-9-6-4-5-7-10(9)14-16;2*1-2;;/h4-7H,8H2,1-3H3;2*1-2H3;1H3;/q;;;-1;. The Morgan fingerprint density at radius 1 is 1.09 bits per heavy atom. The molecule has 0 aromatic heterocycles. The Kier molecular flexibility index (Phi) is 15.6. The molecule has 1 aromatic rings. The summed E-state index contributed by atoms with van der Waals surface area (Å²) in [6.45, 7) is 13.7. The Morgan fingerprint density at radius 2 is 1.59 bits per heavy atom.